The van der Waals surface area contributed by atoms with Gasteiger partial charge in [-0.1, -0.05) is 12.1 Å². The minimum atomic E-state index is -0.385. The first-order chi connectivity index (χ1) is 10.5. The van der Waals surface area contributed by atoms with Gasteiger partial charge in [0.05, 0.1) is 0 Å². The van der Waals surface area contributed by atoms with Crippen LogP contribution in [0.1, 0.15) is 34.3 Å². The lowest BCUT2D eigenvalue weighted by molar-refractivity contribution is -0.116. The quantitative estimate of drug-likeness (QED) is 0.847. The Hall–Kier alpha value is -2.49. The summed E-state index contributed by atoms with van der Waals surface area (Å²) in [5.74, 6) is -0.760. The van der Waals surface area contributed by atoms with Crippen LogP contribution in [0, 0.1) is 19.7 Å². The number of nitrogens with one attached hydrogen (secondary N) is 1. The van der Waals surface area contributed by atoms with Crippen molar-refractivity contribution in [2.75, 3.05) is 5.32 Å². The standard InChI is InChI=1S/C18H18FNO2/c1-12-4-3-5-16(13(12)2)20-18(22)11-10-17(21)14-6-8-15(19)9-7-14/h3-9H,10-11H2,1-2H3,(H,20,22). The molecule has 0 heterocycles. The van der Waals surface area contributed by atoms with Crippen LogP contribution in [0.4, 0.5) is 10.1 Å². The summed E-state index contributed by atoms with van der Waals surface area (Å²) >= 11 is 0. The van der Waals surface area contributed by atoms with E-state index in [1.54, 1.807) is 0 Å². The average Bonchev–Trinajstić information content (AvgIpc) is 2.50. The number of rotatable bonds is 5. The lowest BCUT2D eigenvalue weighted by Crippen LogP contribution is -2.14. The molecule has 4 heteroatoms. The predicted molar refractivity (Wildman–Crippen MR) is 84.5 cm³/mol. The number of benzene rings is 2. The second kappa shape index (κ2) is 6.98. The van der Waals surface area contributed by atoms with E-state index in [0.717, 1.165) is 16.8 Å². The van der Waals surface area contributed by atoms with Crippen LogP contribution in [0.15, 0.2) is 42.5 Å². The van der Waals surface area contributed by atoms with Gasteiger partial charge in [-0.2, -0.15) is 0 Å². The molecule has 0 fully saturated rings. The van der Waals surface area contributed by atoms with Gasteiger partial charge >= 0.3 is 0 Å². The zero-order chi connectivity index (χ0) is 16.1. The van der Waals surface area contributed by atoms with E-state index in [9.17, 15) is 14.0 Å². The Bertz CT molecular complexity index is 693. The van der Waals surface area contributed by atoms with Crippen LogP contribution in [-0.4, -0.2) is 11.7 Å². The van der Waals surface area contributed by atoms with E-state index < -0.39 is 0 Å². The maximum absolute atomic E-state index is 12.8. The third-order valence-electron chi connectivity index (χ3n) is 3.62. The van der Waals surface area contributed by atoms with E-state index in [0.29, 0.717) is 5.56 Å². The second-order valence-corrected chi connectivity index (χ2v) is 5.23. The third-order valence-corrected chi connectivity index (χ3v) is 3.62. The maximum Gasteiger partial charge on any atom is 0.224 e. The monoisotopic (exact) mass is 299 g/mol. The van der Waals surface area contributed by atoms with E-state index in [2.05, 4.69) is 5.32 Å². The number of carbonyl (C=O) groups is 2. The fourth-order valence-electron chi connectivity index (χ4n) is 2.11. The molecule has 0 atom stereocenters. The predicted octanol–water partition coefficient (Wildman–Crippen LogP) is 4.04. The van der Waals surface area contributed by atoms with E-state index >= 15 is 0 Å². The van der Waals surface area contributed by atoms with Crippen molar-refractivity contribution >= 4 is 17.4 Å². The number of Topliss-reactive ketones (excluding diaryl/α,β-unsaturated/α-hetero) is 1. The van der Waals surface area contributed by atoms with Crippen LogP contribution < -0.4 is 5.32 Å². The summed E-state index contributed by atoms with van der Waals surface area (Å²) in [5, 5.41) is 2.82. The van der Waals surface area contributed by atoms with E-state index in [1.165, 1.54) is 24.3 Å². The van der Waals surface area contributed by atoms with Gasteiger partial charge in [0.1, 0.15) is 5.82 Å². The molecule has 0 saturated heterocycles. The van der Waals surface area contributed by atoms with E-state index in [-0.39, 0.29) is 30.3 Å². The number of halogens is 1. The molecule has 0 aromatic heterocycles. The van der Waals surface area contributed by atoms with Crippen LogP contribution in [0.25, 0.3) is 0 Å². The Morgan fingerprint density at radius 1 is 1.00 bits per heavy atom. The van der Waals surface area contributed by atoms with Gasteiger partial charge in [0.2, 0.25) is 5.91 Å². The molecule has 0 aliphatic heterocycles. The number of ketones is 1. The number of hydrogen-bond donors (Lipinski definition) is 1. The molecule has 2 aromatic carbocycles. The molecule has 3 nitrogen and oxygen atoms in total. The number of carbonyl (C=O) groups excluding carboxylic acids is 2. The fourth-order valence-corrected chi connectivity index (χ4v) is 2.11. The molecule has 0 saturated carbocycles. The smallest absolute Gasteiger partial charge is 0.224 e. The second-order valence-electron chi connectivity index (χ2n) is 5.23. The van der Waals surface area contributed by atoms with Gasteiger partial charge in [-0.15, -0.1) is 0 Å². The number of anilines is 1. The van der Waals surface area contributed by atoms with Gasteiger partial charge < -0.3 is 5.32 Å². The van der Waals surface area contributed by atoms with Crippen LogP contribution in [0.2, 0.25) is 0 Å². The summed E-state index contributed by atoms with van der Waals surface area (Å²) in [7, 11) is 0. The highest BCUT2D eigenvalue weighted by molar-refractivity contribution is 6.00. The first kappa shape index (κ1) is 15.9. The summed E-state index contributed by atoms with van der Waals surface area (Å²) in [6.45, 7) is 3.91. The Morgan fingerprint density at radius 3 is 2.36 bits per heavy atom. The third kappa shape index (κ3) is 4.01. The van der Waals surface area contributed by atoms with Crippen LogP contribution in [0.3, 0.4) is 0 Å². The van der Waals surface area contributed by atoms with E-state index in [1.807, 2.05) is 32.0 Å². The highest BCUT2D eigenvalue weighted by atomic mass is 19.1. The highest BCUT2D eigenvalue weighted by Gasteiger charge is 2.11. The van der Waals surface area contributed by atoms with Gasteiger partial charge in [-0.3, -0.25) is 9.59 Å². The van der Waals surface area contributed by atoms with Gasteiger partial charge in [0.15, 0.2) is 5.78 Å². The normalized spacial score (nSPS) is 10.3. The Kier molecular flexibility index (Phi) is 5.04. The lowest BCUT2D eigenvalue weighted by Gasteiger charge is -2.10. The molecular weight excluding hydrogens is 281 g/mol. The van der Waals surface area contributed by atoms with Crippen LogP contribution in [-0.2, 0) is 4.79 Å². The molecule has 0 radical (unpaired) electrons. The van der Waals surface area contributed by atoms with Crippen molar-refractivity contribution in [2.24, 2.45) is 0 Å². The topological polar surface area (TPSA) is 46.2 Å². The Morgan fingerprint density at radius 2 is 1.68 bits per heavy atom. The largest absolute Gasteiger partial charge is 0.326 e. The molecule has 0 aliphatic rings. The van der Waals surface area contributed by atoms with Crippen molar-refractivity contribution in [3.8, 4) is 0 Å². The molecular formula is C18H18FNO2. The molecule has 2 aromatic rings. The molecule has 0 spiro atoms. The van der Waals surface area contributed by atoms with Gasteiger partial charge in [-0.05, 0) is 55.3 Å². The minimum Gasteiger partial charge on any atom is -0.326 e. The van der Waals surface area contributed by atoms with Crippen molar-refractivity contribution in [3.05, 3.63) is 65.0 Å². The summed E-state index contributed by atoms with van der Waals surface area (Å²) < 4.78 is 12.8. The van der Waals surface area contributed by atoms with Gasteiger partial charge in [-0.25, -0.2) is 4.39 Å². The average molecular weight is 299 g/mol. The Balaban J connectivity index is 1.91. The molecule has 2 rings (SSSR count). The highest BCUT2D eigenvalue weighted by Crippen LogP contribution is 2.18. The molecule has 0 bridgehead atoms. The maximum atomic E-state index is 12.8. The minimum absolute atomic E-state index is 0.0995. The molecule has 22 heavy (non-hydrogen) atoms. The van der Waals surface area contributed by atoms with Crippen molar-refractivity contribution in [2.45, 2.75) is 26.7 Å². The summed E-state index contributed by atoms with van der Waals surface area (Å²) in [5.41, 5.74) is 3.29. The molecule has 1 N–H and O–H groups in total. The Labute approximate surface area is 129 Å². The molecule has 114 valence electrons. The first-order valence-electron chi connectivity index (χ1n) is 7.12. The zero-order valence-corrected chi connectivity index (χ0v) is 12.7. The summed E-state index contributed by atoms with van der Waals surface area (Å²) in [4.78, 5) is 23.9. The van der Waals surface area contributed by atoms with Gasteiger partial charge in [0.25, 0.3) is 0 Å². The number of hydrogen-bond acceptors (Lipinski definition) is 2. The van der Waals surface area contributed by atoms with E-state index in [4.69, 9.17) is 0 Å². The molecule has 0 unspecified atom stereocenters. The van der Waals surface area contributed by atoms with Crippen molar-refractivity contribution in [3.63, 3.8) is 0 Å². The zero-order valence-electron chi connectivity index (χ0n) is 12.7. The van der Waals surface area contributed by atoms with Gasteiger partial charge in [0, 0.05) is 24.1 Å². The fraction of sp³-hybridized carbons (Fsp3) is 0.222. The lowest BCUT2D eigenvalue weighted by atomic mass is 10.1. The molecule has 0 aliphatic carbocycles. The van der Waals surface area contributed by atoms with Crippen LogP contribution >= 0.6 is 0 Å². The number of amides is 1. The first-order valence-corrected chi connectivity index (χ1v) is 7.12. The summed E-state index contributed by atoms with van der Waals surface area (Å²) in [6.07, 6.45) is 0.200. The SMILES string of the molecule is Cc1cccc(NC(=O)CCC(=O)c2ccc(F)cc2)c1C. The summed E-state index contributed by atoms with van der Waals surface area (Å²) in [6, 6.07) is 11.0. The van der Waals surface area contributed by atoms with Crippen molar-refractivity contribution < 1.29 is 14.0 Å². The van der Waals surface area contributed by atoms with Crippen LogP contribution in [0.5, 0.6) is 0 Å². The number of aryl methyl sites for hydroxylation is 1. The molecule has 1 amide bonds. The van der Waals surface area contributed by atoms with Crippen molar-refractivity contribution in [1.29, 1.82) is 0 Å². The van der Waals surface area contributed by atoms with Crippen molar-refractivity contribution in [1.82, 2.24) is 0 Å².